The van der Waals surface area contributed by atoms with Crippen LogP contribution in [0.4, 0.5) is 11.4 Å². The molecule has 0 radical (unpaired) electrons. The standard InChI is InChI=1S/C23H29N3O6S/c1-15(21(27)24-18-9-7-6-8-17(18)22(28)25-23(2,3)4)26(33(5,29)30)16-10-11-19-20(14-16)32-13-12-31-19/h6-11,14-15H,12-13H2,1-5H3,(H,24,27)(H,25,28)/t15-/m1/s1. The molecule has 2 aromatic rings. The molecule has 2 aromatic carbocycles. The number of sulfonamides is 1. The Morgan fingerprint density at radius 1 is 1.03 bits per heavy atom. The lowest BCUT2D eigenvalue weighted by molar-refractivity contribution is -0.116. The van der Waals surface area contributed by atoms with Gasteiger partial charge in [-0.25, -0.2) is 8.42 Å². The molecule has 0 unspecified atom stereocenters. The minimum atomic E-state index is -3.83. The van der Waals surface area contributed by atoms with Crippen LogP contribution in [0.5, 0.6) is 11.5 Å². The minimum absolute atomic E-state index is 0.267. The van der Waals surface area contributed by atoms with Crippen molar-refractivity contribution < 1.29 is 27.5 Å². The first-order valence-corrected chi connectivity index (χ1v) is 12.3. The summed E-state index contributed by atoms with van der Waals surface area (Å²) in [4.78, 5) is 25.8. The first-order valence-electron chi connectivity index (χ1n) is 10.5. The molecule has 178 valence electrons. The SMILES string of the molecule is C[C@H](C(=O)Nc1ccccc1C(=O)NC(C)(C)C)N(c1ccc2c(c1)OCCO2)S(C)(=O)=O. The van der Waals surface area contributed by atoms with Crippen LogP contribution in [0.1, 0.15) is 38.1 Å². The average molecular weight is 476 g/mol. The van der Waals surface area contributed by atoms with Crippen molar-refractivity contribution >= 4 is 33.2 Å². The van der Waals surface area contributed by atoms with E-state index in [1.54, 1.807) is 36.4 Å². The van der Waals surface area contributed by atoms with Gasteiger partial charge in [0, 0.05) is 11.6 Å². The summed E-state index contributed by atoms with van der Waals surface area (Å²) in [6.07, 6.45) is 1.03. The second-order valence-corrected chi connectivity index (χ2v) is 10.7. The third kappa shape index (κ3) is 5.95. The Kier molecular flexibility index (Phi) is 6.87. The molecule has 0 aliphatic carbocycles. The molecule has 0 bridgehead atoms. The Balaban J connectivity index is 1.88. The summed E-state index contributed by atoms with van der Waals surface area (Å²) in [6, 6.07) is 10.2. The van der Waals surface area contributed by atoms with Crippen LogP contribution in [0.3, 0.4) is 0 Å². The number of benzene rings is 2. The highest BCUT2D eigenvalue weighted by Crippen LogP contribution is 2.35. The van der Waals surface area contributed by atoms with E-state index >= 15 is 0 Å². The van der Waals surface area contributed by atoms with Crippen LogP contribution in [0.25, 0.3) is 0 Å². The van der Waals surface area contributed by atoms with Gasteiger partial charge in [-0.3, -0.25) is 13.9 Å². The molecule has 0 spiro atoms. The van der Waals surface area contributed by atoms with E-state index in [1.807, 2.05) is 20.8 Å². The van der Waals surface area contributed by atoms with Crippen molar-refractivity contribution in [2.24, 2.45) is 0 Å². The Morgan fingerprint density at radius 2 is 1.67 bits per heavy atom. The van der Waals surface area contributed by atoms with Gasteiger partial charge < -0.3 is 20.1 Å². The number of hydrogen-bond donors (Lipinski definition) is 2. The average Bonchev–Trinajstić information content (AvgIpc) is 2.71. The van der Waals surface area contributed by atoms with Gasteiger partial charge >= 0.3 is 0 Å². The predicted octanol–water partition coefficient (Wildman–Crippen LogP) is 2.78. The van der Waals surface area contributed by atoms with Crippen LogP contribution in [0.2, 0.25) is 0 Å². The first kappa shape index (κ1) is 24.4. The molecule has 9 nitrogen and oxygen atoms in total. The van der Waals surface area contributed by atoms with E-state index in [2.05, 4.69) is 10.6 Å². The van der Waals surface area contributed by atoms with Crippen LogP contribution in [-0.4, -0.2) is 51.3 Å². The molecule has 1 atom stereocenters. The lowest BCUT2D eigenvalue weighted by Gasteiger charge is -2.29. The van der Waals surface area contributed by atoms with Gasteiger partial charge in [0.15, 0.2) is 11.5 Å². The number of carbonyl (C=O) groups excluding carboxylic acids is 2. The fourth-order valence-electron chi connectivity index (χ4n) is 3.41. The summed E-state index contributed by atoms with van der Waals surface area (Å²) in [6.45, 7) is 7.79. The number of carbonyl (C=O) groups is 2. The maximum absolute atomic E-state index is 13.1. The Morgan fingerprint density at radius 3 is 2.30 bits per heavy atom. The smallest absolute Gasteiger partial charge is 0.253 e. The van der Waals surface area contributed by atoms with Crippen molar-refractivity contribution in [3.05, 3.63) is 48.0 Å². The molecule has 0 fully saturated rings. The van der Waals surface area contributed by atoms with Crippen molar-refractivity contribution in [1.29, 1.82) is 0 Å². The van der Waals surface area contributed by atoms with Crippen molar-refractivity contribution in [3.8, 4) is 11.5 Å². The summed E-state index contributed by atoms with van der Waals surface area (Å²) >= 11 is 0. The van der Waals surface area contributed by atoms with E-state index in [0.29, 0.717) is 24.7 Å². The first-order chi connectivity index (χ1) is 15.4. The summed E-state index contributed by atoms with van der Waals surface area (Å²) in [5, 5.41) is 5.56. The zero-order valence-electron chi connectivity index (χ0n) is 19.3. The number of nitrogens with one attached hydrogen (secondary N) is 2. The maximum Gasteiger partial charge on any atom is 0.253 e. The van der Waals surface area contributed by atoms with Crippen molar-refractivity contribution in [1.82, 2.24) is 5.32 Å². The van der Waals surface area contributed by atoms with Gasteiger partial charge in [0.05, 0.1) is 23.2 Å². The van der Waals surface area contributed by atoms with Gasteiger partial charge in [-0.15, -0.1) is 0 Å². The van der Waals surface area contributed by atoms with Gasteiger partial charge in [-0.1, -0.05) is 12.1 Å². The maximum atomic E-state index is 13.1. The molecule has 1 aliphatic heterocycles. The number of amides is 2. The molecule has 1 aliphatic rings. The van der Waals surface area contributed by atoms with Crippen LogP contribution in [0, 0.1) is 0 Å². The van der Waals surface area contributed by atoms with Gasteiger partial charge in [-0.2, -0.15) is 0 Å². The lowest BCUT2D eigenvalue weighted by atomic mass is 10.1. The molecule has 2 N–H and O–H groups in total. The number of ether oxygens (including phenoxy) is 2. The fourth-order valence-corrected chi connectivity index (χ4v) is 4.58. The van der Waals surface area contributed by atoms with Gasteiger partial charge in [-0.05, 0) is 52.0 Å². The molecule has 0 aromatic heterocycles. The third-order valence-corrected chi connectivity index (χ3v) is 6.03. The predicted molar refractivity (Wildman–Crippen MR) is 127 cm³/mol. The van der Waals surface area contributed by atoms with E-state index in [-0.39, 0.29) is 22.8 Å². The monoisotopic (exact) mass is 475 g/mol. The van der Waals surface area contributed by atoms with Crippen LogP contribution < -0.4 is 24.4 Å². The molecule has 0 saturated heterocycles. The normalized spacial score (nSPS) is 14.2. The molecule has 3 rings (SSSR count). The van der Waals surface area contributed by atoms with Gasteiger partial charge in [0.2, 0.25) is 15.9 Å². The van der Waals surface area contributed by atoms with E-state index < -0.39 is 27.5 Å². The molecule has 10 heteroatoms. The van der Waals surface area contributed by atoms with E-state index in [9.17, 15) is 18.0 Å². The molecule has 2 amide bonds. The second kappa shape index (κ2) is 9.30. The van der Waals surface area contributed by atoms with Gasteiger partial charge in [0.1, 0.15) is 19.3 Å². The number of rotatable bonds is 6. The van der Waals surface area contributed by atoms with Gasteiger partial charge in [0.25, 0.3) is 5.91 Å². The highest BCUT2D eigenvalue weighted by Gasteiger charge is 2.31. The number of anilines is 2. The van der Waals surface area contributed by atoms with Crippen molar-refractivity contribution in [2.75, 3.05) is 29.1 Å². The van der Waals surface area contributed by atoms with Crippen LogP contribution >= 0.6 is 0 Å². The second-order valence-electron chi connectivity index (χ2n) is 8.80. The van der Waals surface area contributed by atoms with E-state index in [0.717, 1.165) is 10.6 Å². The number of hydrogen-bond acceptors (Lipinski definition) is 6. The van der Waals surface area contributed by atoms with Crippen molar-refractivity contribution in [3.63, 3.8) is 0 Å². The molecule has 0 saturated carbocycles. The largest absolute Gasteiger partial charge is 0.486 e. The van der Waals surface area contributed by atoms with E-state index in [4.69, 9.17) is 9.47 Å². The van der Waals surface area contributed by atoms with E-state index in [1.165, 1.54) is 13.0 Å². The molecule has 1 heterocycles. The summed E-state index contributed by atoms with van der Waals surface area (Å²) in [5.74, 6) is -0.0253. The minimum Gasteiger partial charge on any atom is -0.486 e. The number of fused-ring (bicyclic) bond motifs is 1. The topological polar surface area (TPSA) is 114 Å². The fraction of sp³-hybridized carbons (Fsp3) is 0.391. The zero-order chi connectivity index (χ0) is 24.4. The number of para-hydroxylation sites is 1. The quantitative estimate of drug-likeness (QED) is 0.664. The van der Waals surface area contributed by atoms with Crippen LogP contribution in [-0.2, 0) is 14.8 Å². The Labute approximate surface area is 194 Å². The number of nitrogens with zero attached hydrogens (tertiary/aromatic N) is 1. The summed E-state index contributed by atoms with van der Waals surface area (Å²) < 4.78 is 37.3. The molecular weight excluding hydrogens is 446 g/mol. The third-order valence-electron chi connectivity index (χ3n) is 4.79. The highest BCUT2D eigenvalue weighted by atomic mass is 32.2. The Bertz CT molecular complexity index is 1160. The van der Waals surface area contributed by atoms with Crippen LogP contribution in [0.15, 0.2) is 42.5 Å². The molecule has 33 heavy (non-hydrogen) atoms. The van der Waals surface area contributed by atoms with Crippen molar-refractivity contribution in [2.45, 2.75) is 39.3 Å². The highest BCUT2D eigenvalue weighted by molar-refractivity contribution is 7.92. The molecular formula is C23H29N3O6S. The zero-order valence-corrected chi connectivity index (χ0v) is 20.2. The summed E-state index contributed by atoms with van der Waals surface area (Å²) in [5.41, 5.74) is 0.361. The summed E-state index contributed by atoms with van der Waals surface area (Å²) in [7, 11) is -3.83. The lowest BCUT2D eigenvalue weighted by Crippen LogP contribution is -2.46. The Hall–Kier alpha value is -3.27.